The number of rotatable bonds is 10. The average Bonchev–Trinajstić information content (AvgIpc) is 2.94. The lowest BCUT2D eigenvalue weighted by atomic mass is 9.91. The Morgan fingerprint density at radius 2 is 2.18 bits per heavy atom. The molecule has 4 heterocycles. The van der Waals surface area contributed by atoms with Gasteiger partial charge in [-0.2, -0.15) is 0 Å². The fraction of sp³-hybridized carbons (Fsp3) is 0.464. The molecule has 0 radical (unpaired) electrons. The minimum Gasteiger partial charge on any atom is -0.495 e. The van der Waals surface area contributed by atoms with Crippen LogP contribution in [0.5, 0.6) is 5.75 Å². The number of aryl methyl sites for hydroxylation is 1. The van der Waals surface area contributed by atoms with Gasteiger partial charge in [0.25, 0.3) is 0 Å². The highest BCUT2D eigenvalue weighted by Gasteiger charge is 2.32. The molecule has 0 saturated carbocycles. The molecule has 0 aliphatic carbocycles. The first kappa shape index (κ1) is 26.8. The minimum absolute atomic E-state index is 0.0141. The number of ether oxygens (including phenoxy) is 2. The number of anilines is 1. The molecule has 4 N–H and O–H groups in total. The van der Waals surface area contributed by atoms with E-state index < -0.39 is 6.10 Å². The number of hydrogen-bond donors (Lipinski definition) is 4. The maximum atomic E-state index is 11.7. The van der Waals surface area contributed by atoms with Gasteiger partial charge in [-0.1, -0.05) is 12.1 Å². The highest BCUT2D eigenvalue weighted by molar-refractivity contribution is 8.00. The van der Waals surface area contributed by atoms with Crippen LogP contribution in [-0.4, -0.2) is 69.9 Å². The molecule has 2 aromatic heterocycles. The van der Waals surface area contributed by atoms with Crippen LogP contribution in [0, 0.1) is 0 Å². The molecule has 3 aromatic rings. The molecule has 1 amide bonds. The first-order valence-electron chi connectivity index (χ1n) is 13.0. The van der Waals surface area contributed by atoms with Crippen molar-refractivity contribution < 1.29 is 24.5 Å². The number of nitrogens with one attached hydrogen (secondary N) is 2. The minimum atomic E-state index is -0.839. The van der Waals surface area contributed by atoms with Gasteiger partial charge in [0.2, 0.25) is 5.91 Å². The quantitative estimate of drug-likeness (QED) is 0.308. The number of carbonyl (C=O) groups excluding carboxylic acids is 1. The van der Waals surface area contributed by atoms with Gasteiger partial charge < -0.3 is 30.3 Å². The fourth-order valence-corrected chi connectivity index (χ4v) is 5.90. The summed E-state index contributed by atoms with van der Waals surface area (Å²) in [4.78, 5) is 21.8. The standard InChI is InChI=1S/C28H34N4O5S/c1-36-21-12-22-17(3-2-4-23(22)30-14-21)5-7-20-8-9-24(25(37-20)11-19(34)15-33)29-13-18-6-10-26-28(31-18)32-27(35)16-38-26/h2-4,6,10,12,14,19-20,24-25,29,33-34H,5,7-9,11,13,15-16H2,1H3,(H,31,32,35)/t19-,20-,24-,25-/m1/s1. The molecule has 0 unspecified atom stereocenters. The number of aliphatic hydroxyl groups is 2. The van der Waals surface area contributed by atoms with Crippen molar-refractivity contribution in [3.8, 4) is 5.75 Å². The van der Waals surface area contributed by atoms with Gasteiger partial charge in [-0.15, -0.1) is 11.8 Å². The predicted octanol–water partition coefficient (Wildman–Crippen LogP) is 3.06. The summed E-state index contributed by atoms with van der Waals surface area (Å²) < 4.78 is 11.9. The second-order valence-electron chi connectivity index (χ2n) is 9.82. The first-order valence-corrected chi connectivity index (χ1v) is 14.0. The van der Waals surface area contributed by atoms with Crippen molar-refractivity contribution >= 4 is 34.4 Å². The van der Waals surface area contributed by atoms with E-state index in [9.17, 15) is 15.0 Å². The Hall–Kier alpha value is -2.76. The molecule has 4 atom stereocenters. The molecule has 2 aliphatic rings. The van der Waals surface area contributed by atoms with Crippen LogP contribution in [0.2, 0.25) is 0 Å². The van der Waals surface area contributed by atoms with Gasteiger partial charge >= 0.3 is 0 Å². The van der Waals surface area contributed by atoms with Crippen molar-refractivity contribution in [2.45, 2.75) is 67.9 Å². The van der Waals surface area contributed by atoms with Crippen molar-refractivity contribution in [2.75, 3.05) is 24.8 Å². The Morgan fingerprint density at radius 1 is 1.29 bits per heavy atom. The molecular weight excluding hydrogens is 504 g/mol. The van der Waals surface area contributed by atoms with Crippen LogP contribution in [0.3, 0.4) is 0 Å². The summed E-state index contributed by atoms with van der Waals surface area (Å²) in [6.07, 6.45) is 4.51. The molecule has 9 nitrogen and oxygen atoms in total. The number of carbonyl (C=O) groups is 1. The van der Waals surface area contributed by atoms with Gasteiger partial charge in [-0.3, -0.25) is 9.78 Å². The largest absolute Gasteiger partial charge is 0.495 e. The number of methoxy groups -OCH3 is 1. The number of aromatic nitrogens is 2. The van der Waals surface area contributed by atoms with E-state index in [1.54, 1.807) is 13.3 Å². The van der Waals surface area contributed by atoms with Crippen LogP contribution < -0.4 is 15.4 Å². The zero-order valence-corrected chi connectivity index (χ0v) is 22.2. The van der Waals surface area contributed by atoms with E-state index in [1.165, 1.54) is 17.3 Å². The second kappa shape index (κ2) is 12.4. The topological polar surface area (TPSA) is 126 Å². The molecule has 1 fully saturated rings. The summed E-state index contributed by atoms with van der Waals surface area (Å²) in [5, 5.41) is 27.1. The van der Waals surface area contributed by atoms with E-state index in [-0.39, 0.29) is 30.8 Å². The zero-order chi connectivity index (χ0) is 26.5. The summed E-state index contributed by atoms with van der Waals surface area (Å²) in [5.74, 6) is 1.72. The number of hydrogen-bond acceptors (Lipinski definition) is 9. The van der Waals surface area contributed by atoms with Crippen LogP contribution in [0.15, 0.2) is 47.5 Å². The molecular formula is C28H34N4O5S. The van der Waals surface area contributed by atoms with Crippen LogP contribution in [0.1, 0.15) is 36.9 Å². The van der Waals surface area contributed by atoms with Gasteiger partial charge in [-0.05, 0) is 55.5 Å². The Kier molecular flexibility index (Phi) is 8.75. The maximum Gasteiger partial charge on any atom is 0.235 e. The molecule has 202 valence electrons. The van der Waals surface area contributed by atoms with Gasteiger partial charge in [0, 0.05) is 24.4 Å². The molecule has 0 bridgehead atoms. The van der Waals surface area contributed by atoms with Gasteiger partial charge in [0.1, 0.15) is 11.6 Å². The van der Waals surface area contributed by atoms with E-state index in [4.69, 9.17) is 9.47 Å². The molecule has 5 rings (SSSR count). The number of fused-ring (bicyclic) bond motifs is 2. The smallest absolute Gasteiger partial charge is 0.235 e. The van der Waals surface area contributed by atoms with Crippen molar-refractivity contribution in [1.29, 1.82) is 0 Å². The van der Waals surface area contributed by atoms with E-state index in [1.807, 2.05) is 30.3 Å². The third-order valence-electron chi connectivity index (χ3n) is 7.17. The number of thioether (sulfide) groups is 1. The number of benzene rings is 1. The predicted molar refractivity (Wildman–Crippen MR) is 146 cm³/mol. The summed E-state index contributed by atoms with van der Waals surface area (Å²) in [6.45, 7) is 0.217. The number of pyridine rings is 2. The summed E-state index contributed by atoms with van der Waals surface area (Å²) in [7, 11) is 1.64. The Labute approximate surface area is 226 Å². The van der Waals surface area contributed by atoms with Crippen LogP contribution in [0.25, 0.3) is 10.9 Å². The van der Waals surface area contributed by atoms with Crippen molar-refractivity contribution in [2.24, 2.45) is 0 Å². The lowest BCUT2D eigenvalue weighted by Crippen LogP contribution is -2.48. The van der Waals surface area contributed by atoms with E-state index in [0.717, 1.165) is 52.9 Å². The molecule has 0 spiro atoms. The SMILES string of the molecule is COc1cnc2cccc(CC[C@@H]3CC[C@@H](NCc4ccc5c(n4)NC(=O)CS5)[C@@H](C[C@@H](O)CO)O3)c2c1. The number of amides is 1. The van der Waals surface area contributed by atoms with Gasteiger partial charge in [-0.25, -0.2) is 4.98 Å². The summed E-state index contributed by atoms with van der Waals surface area (Å²) in [5.41, 5.74) is 2.97. The lowest BCUT2D eigenvalue weighted by molar-refractivity contribution is -0.113. The third kappa shape index (κ3) is 6.44. The van der Waals surface area contributed by atoms with Gasteiger partial charge in [0.05, 0.1) is 60.1 Å². The lowest BCUT2D eigenvalue weighted by Gasteiger charge is -2.38. The number of aliphatic hydroxyl groups excluding tert-OH is 2. The normalized spacial score (nSPS) is 22.1. The van der Waals surface area contributed by atoms with Crippen molar-refractivity contribution in [3.63, 3.8) is 0 Å². The van der Waals surface area contributed by atoms with Crippen LogP contribution >= 0.6 is 11.8 Å². The maximum absolute atomic E-state index is 11.7. The van der Waals surface area contributed by atoms with Crippen LogP contribution in [-0.2, 0) is 22.5 Å². The van der Waals surface area contributed by atoms with E-state index >= 15 is 0 Å². The first-order chi connectivity index (χ1) is 18.5. The van der Waals surface area contributed by atoms with Crippen LogP contribution in [0.4, 0.5) is 5.82 Å². The monoisotopic (exact) mass is 538 g/mol. The fourth-order valence-electron chi connectivity index (χ4n) is 5.15. The molecule has 10 heteroatoms. The van der Waals surface area contributed by atoms with Crippen molar-refractivity contribution in [1.82, 2.24) is 15.3 Å². The van der Waals surface area contributed by atoms with E-state index in [0.29, 0.717) is 24.5 Å². The highest BCUT2D eigenvalue weighted by atomic mass is 32.2. The molecule has 1 saturated heterocycles. The second-order valence-corrected chi connectivity index (χ2v) is 10.8. The molecule has 1 aromatic carbocycles. The zero-order valence-electron chi connectivity index (χ0n) is 21.4. The molecule has 2 aliphatic heterocycles. The highest BCUT2D eigenvalue weighted by Crippen LogP contribution is 2.31. The van der Waals surface area contributed by atoms with E-state index in [2.05, 4.69) is 26.7 Å². The molecule has 38 heavy (non-hydrogen) atoms. The Morgan fingerprint density at radius 3 is 3.03 bits per heavy atom. The Balaban J connectivity index is 1.22. The summed E-state index contributed by atoms with van der Waals surface area (Å²) >= 11 is 1.49. The number of nitrogens with zero attached hydrogens (tertiary/aromatic N) is 2. The Bertz CT molecular complexity index is 1280. The summed E-state index contributed by atoms with van der Waals surface area (Å²) in [6, 6.07) is 12.1. The average molecular weight is 539 g/mol. The van der Waals surface area contributed by atoms with Crippen molar-refractivity contribution in [3.05, 3.63) is 53.9 Å². The van der Waals surface area contributed by atoms with Gasteiger partial charge in [0.15, 0.2) is 0 Å². The third-order valence-corrected chi connectivity index (χ3v) is 8.22.